The van der Waals surface area contributed by atoms with Crippen molar-refractivity contribution in [2.45, 2.75) is 32.4 Å². The summed E-state index contributed by atoms with van der Waals surface area (Å²) in [4.78, 5) is 13.6. The minimum atomic E-state index is -0.473. The topological polar surface area (TPSA) is 86.3 Å². The van der Waals surface area contributed by atoms with Crippen molar-refractivity contribution in [1.82, 2.24) is 19.9 Å². The normalized spacial score (nSPS) is 16.0. The highest BCUT2D eigenvalue weighted by atomic mass is 16.6. The molecule has 7 heteroatoms. The Balaban J connectivity index is 1.69. The van der Waals surface area contributed by atoms with Crippen LogP contribution in [0.2, 0.25) is 0 Å². The zero-order valence-electron chi connectivity index (χ0n) is 12.4. The fraction of sp³-hybridized carbons (Fsp3) is 0.500. The van der Waals surface area contributed by atoms with E-state index in [0.29, 0.717) is 18.8 Å². The number of carbonyl (C=O) groups excluding carboxylic acids is 1. The van der Waals surface area contributed by atoms with Gasteiger partial charge in [0.05, 0.1) is 11.6 Å². The molecule has 0 bridgehead atoms. The number of likely N-dealkylation sites (tertiary alicyclic amines) is 1. The Bertz CT molecular complexity index is 682. The van der Waals surface area contributed by atoms with Crippen molar-refractivity contribution >= 4 is 22.8 Å². The maximum atomic E-state index is 11.9. The van der Waals surface area contributed by atoms with E-state index in [9.17, 15) is 4.79 Å². The molecule has 1 amide bonds. The number of anilines is 1. The molecular weight excluding hydrogens is 270 g/mol. The fourth-order valence-corrected chi connectivity index (χ4v) is 2.31. The summed E-state index contributed by atoms with van der Waals surface area (Å²) in [5.74, 6) is 0. The first-order valence-corrected chi connectivity index (χ1v) is 6.92. The molecule has 1 aliphatic rings. The van der Waals surface area contributed by atoms with E-state index < -0.39 is 5.60 Å². The number of aromatic nitrogens is 3. The number of nitrogens with zero attached hydrogens (tertiary/aromatic N) is 4. The van der Waals surface area contributed by atoms with Gasteiger partial charge in [-0.2, -0.15) is 0 Å². The van der Waals surface area contributed by atoms with E-state index >= 15 is 0 Å². The molecule has 1 aromatic carbocycles. The minimum Gasteiger partial charge on any atom is -0.444 e. The largest absolute Gasteiger partial charge is 0.444 e. The average molecular weight is 289 g/mol. The Morgan fingerprint density at radius 1 is 1.38 bits per heavy atom. The molecule has 0 atom stereocenters. The number of rotatable bonds is 1. The van der Waals surface area contributed by atoms with Crippen molar-refractivity contribution in [2.24, 2.45) is 0 Å². The SMILES string of the molecule is CC(C)(C)OC(=O)N1CC(n2nnc3cc(N)ccc32)C1. The van der Waals surface area contributed by atoms with Crippen LogP contribution in [0.3, 0.4) is 0 Å². The van der Waals surface area contributed by atoms with Crippen molar-refractivity contribution in [2.75, 3.05) is 18.8 Å². The lowest BCUT2D eigenvalue weighted by atomic mass is 10.1. The summed E-state index contributed by atoms with van der Waals surface area (Å²) >= 11 is 0. The van der Waals surface area contributed by atoms with Gasteiger partial charge in [-0.25, -0.2) is 9.48 Å². The average Bonchev–Trinajstić information content (AvgIpc) is 2.67. The summed E-state index contributed by atoms with van der Waals surface area (Å²) in [7, 11) is 0. The highest BCUT2D eigenvalue weighted by molar-refractivity contribution is 5.78. The lowest BCUT2D eigenvalue weighted by Gasteiger charge is -2.39. The number of hydrogen-bond acceptors (Lipinski definition) is 5. The molecule has 1 fully saturated rings. The molecule has 0 aliphatic carbocycles. The monoisotopic (exact) mass is 289 g/mol. The van der Waals surface area contributed by atoms with Crippen LogP contribution in [-0.2, 0) is 4.74 Å². The van der Waals surface area contributed by atoms with Gasteiger partial charge in [0.1, 0.15) is 11.1 Å². The van der Waals surface area contributed by atoms with E-state index in [1.54, 1.807) is 11.0 Å². The van der Waals surface area contributed by atoms with Crippen LogP contribution in [0, 0.1) is 0 Å². The van der Waals surface area contributed by atoms with Crippen LogP contribution in [-0.4, -0.2) is 44.7 Å². The molecule has 0 spiro atoms. The third kappa shape index (κ3) is 2.63. The third-order valence-electron chi connectivity index (χ3n) is 3.35. The first kappa shape index (κ1) is 13.7. The highest BCUT2D eigenvalue weighted by Crippen LogP contribution is 2.26. The number of fused-ring (bicyclic) bond motifs is 1. The number of amides is 1. The molecule has 1 aromatic heterocycles. The van der Waals surface area contributed by atoms with E-state index in [0.717, 1.165) is 11.0 Å². The second kappa shape index (κ2) is 4.61. The predicted molar refractivity (Wildman–Crippen MR) is 78.8 cm³/mol. The van der Waals surface area contributed by atoms with Crippen molar-refractivity contribution in [3.05, 3.63) is 18.2 Å². The van der Waals surface area contributed by atoms with E-state index in [2.05, 4.69) is 10.3 Å². The summed E-state index contributed by atoms with van der Waals surface area (Å²) in [5, 5.41) is 8.27. The molecule has 0 radical (unpaired) electrons. The van der Waals surface area contributed by atoms with Crippen LogP contribution < -0.4 is 5.73 Å². The van der Waals surface area contributed by atoms with Crippen molar-refractivity contribution in [3.63, 3.8) is 0 Å². The smallest absolute Gasteiger partial charge is 0.410 e. The summed E-state index contributed by atoms with van der Waals surface area (Å²) < 4.78 is 7.18. The zero-order chi connectivity index (χ0) is 15.2. The molecular formula is C14H19N5O2. The standard InChI is InChI=1S/C14H19N5O2/c1-14(2,3)21-13(20)18-7-10(8-18)19-12-5-4-9(15)6-11(12)16-17-19/h4-6,10H,7-8,15H2,1-3H3. The van der Waals surface area contributed by atoms with E-state index in [-0.39, 0.29) is 12.1 Å². The van der Waals surface area contributed by atoms with Crippen molar-refractivity contribution in [1.29, 1.82) is 0 Å². The van der Waals surface area contributed by atoms with E-state index in [4.69, 9.17) is 10.5 Å². The number of nitrogen functional groups attached to an aromatic ring is 1. The number of benzene rings is 1. The van der Waals surface area contributed by atoms with Crippen LogP contribution in [0.5, 0.6) is 0 Å². The van der Waals surface area contributed by atoms with Crippen LogP contribution in [0.4, 0.5) is 10.5 Å². The summed E-state index contributed by atoms with van der Waals surface area (Å²) in [6, 6.07) is 5.65. The molecule has 2 aromatic rings. The molecule has 21 heavy (non-hydrogen) atoms. The lowest BCUT2D eigenvalue weighted by molar-refractivity contribution is -0.0000713. The third-order valence-corrected chi connectivity index (χ3v) is 3.35. The first-order chi connectivity index (χ1) is 9.83. The molecule has 0 unspecified atom stereocenters. The predicted octanol–water partition coefficient (Wildman–Crippen LogP) is 1.81. The fourth-order valence-electron chi connectivity index (χ4n) is 2.31. The Kier molecular flexibility index (Phi) is 3.00. The number of ether oxygens (including phenoxy) is 1. The molecule has 3 rings (SSSR count). The van der Waals surface area contributed by atoms with E-state index in [1.807, 2.05) is 37.6 Å². The van der Waals surface area contributed by atoms with Crippen LogP contribution in [0.25, 0.3) is 11.0 Å². The van der Waals surface area contributed by atoms with Gasteiger partial charge in [0.2, 0.25) is 0 Å². The van der Waals surface area contributed by atoms with E-state index in [1.165, 1.54) is 0 Å². The Hall–Kier alpha value is -2.31. The van der Waals surface area contributed by atoms with Gasteiger partial charge < -0.3 is 15.4 Å². The maximum Gasteiger partial charge on any atom is 0.410 e. The molecule has 2 heterocycles. The summed E-state index contributed by atoms with van der Waals surface area (Å²) in [5.41, 5.74) is 7.62. The zero-order valence-corrected chi connectivity index (χ0v) is 12.4. The quantitative estimate of drug-likeness (QED) is 0.809. The second-order valence-corrected chi connectivity index (χ2v) is 6.32. The van der Waals surface area contributed by atoms with Gasteiger partial charge >= 0.3 is 6.09 Å². The maximum absolute atomic E-state index is 11.9. The number of nitrogens with two attached hydrogens (primary N) is 1. The number of hydrogen-bond donors (Lipinski definition) is 1. The summed E-state index contributed by atoms with van der Waals surface area (Å²) in [6.45, 7) is 6.74. The van der Waals surface area contributed by atoms with Gasteiger partial charge in [-0.3, -0.25) is 0 Å². The first-order valence-electron chi connectivity index (χ1n) is 6.92. The van der Waals surface area contributed by atoms with Gasteiger partial charge in [0.15, 0.2) is 0 Å². The van der Waals surface area contributed by atoms with Crippen LogP contribution in [0.15, 0.2) is 18.2 Å². The molecule has 1 aliphatic heterocycles. The summed E-state index contributed by atoms with van der Waals surface area (Å²) in [6.07, 6.45) is -0.285. The van der Waals surface area contributed by atoms with Crippen LogP contribution >= 0.6 is 0 Å². The van der Waals surface area contributed by atoms with Gasteiger partial charge in [-0.05, 0) is 39.0 Å². The number of carbonyl (C=O) groups is 1. The molecule has 0 saturated carbocycles. The van der Waals surface area contributed by atoms with Crippen LogP contribution in [0.1, 0.15) is 26.8 Å². The highest BCUT2D eigenvalue weighted by Gasteiger charge is 2.36. The molecule has 112 valence electrons. The Labute approximate surface area is 122 Å². The van der Waals surface area contributed by atoms with Gasteiger partial charge in [-0.1, -0.05) is 5.21 Å². The molecule has 7 nitrogen and oxygen atoms in total. The Morgan fingerprint density at radius 3 is 2.76 bits per heavy atom. The van der Waals surface area contributed by atoms with Crippen molar-refractivity contribution < 1.29 is 9.53 Å². The Morgan fingerprint density at radius 2 is 2.10 bits per heavy atom. The van der Waals surface area contributed by atoms with Gasteiger partial charge in [-0.15, -0.1) is 5.10 Å². The molecule has 2 N–H and O–H groups in total. The van der Waals surface area contributed by atoms with Crippen molar-refractivity contribution in [3.8, 4) is 0 Å². The molecule has 1 saturated heterocycles. The van der Waals surface area contributed by atoms with Gasteiger partial charge in [0.25, 0.3) is 0 Å². The lowest BCUT2D eigenvalue weighted by Crippen LogP contribution is -2.52. The van der Waals surface area contributed by atoms with Gasteiger partial charge in [0, 0.05) is 18.8 Å². The minimum absolute atomic E-state index is 0.131. The second-order valence-electron chi connectivity index (χ2n) is 6.32.